The Morgan fingerprint density at radius 2 is 2.30 bits per heavy atom. The van der Waals surface area contributed by atoms with Crippen LogP contribution in [0.2, 0.25) is 0 Å². The monoisotopic (exact) mass is 284 g/mol. The molecule has 0 aliphatic rings. The van der Waals surface area contributed by atoms with Crippen LogP contribution in [-0.4, -0.2) is 48.0 Å². The van der Waals surface area contributed by atoms with E-state index in [4.69, 9.17) is 15.2 Å². The molecule has 1 atom stereocenters. The van der Waals surface area contributed by atoms with Crippen molar-refractivity contribution in [3.8, 4) is 0 Å². The molecule has 0 fully saturated rings. The molecule has 0 spiro atoms. The quantitative estimate of drug-likeness (QED) is 0.494. The van der Waals surface area contributed by atoms with Gasteiger partial charge in [-0.05, 0) is 19.4 Å². The number of ether oxygens (including phenoxy) is 2. The summed E-state index contributed by atoms with van der Waals surface area (Å²) in [5.41, 5.74) is 5.42. The molecule has 0 bridgehead atoms. The van der Waals surface area contributed by atoms with E-state index in [2.05, 4.69) is 10.4 Å². The predicted molar refractivity (Wildman–Crippen MR) is 71.7 cm³/mol. The molecule has 112 valence electrons. The van der Waals surface area contributed by atoms with Crippen molar-refractivity contribution in [3.05, 3.63) is 12.3 Å². The molecule has 0 radical (unpaired) electrons. The van der Waals surface area contributed by atoms with Gasteiger partial charge in [-0.1, -0.05) is 0 Å². The lowest BCUT2D eigenvalue weighted by atomic mass is 10.3. The lowest BCUT2D eigenvalue weighted by Gasteiger charge is -2.13. The topological polar surface area (TPSA) is 108 Å². The fourth-order valence-electron chi connectivity index (χ4n) is 1.46. The highest BCUT2D eigenvalue weighted by atomic mass is 16.5. The zero-order chi connectivity index (χ0) is 15.0. The highest BCUT2D eigenvalue weighted by Crippen LogP contribution is 1.98. The minimum Gasteiger partial charge on any atom is -0.451 e. The maximum absolute atomic E-state index is 11.6. The molecule has 1 unspecified atom stereocenters. The third kappa shape index (κ3) is 5.70. The molecule has 3 N–H and O–H groups in total. The smallest absolute Gasteiger partial charge is 0.328 e. The second kappa shape index (κ2) is 8.16. The summed E-state index contributed by atoms with van der Waals surface area (Å²) >= 11 is 0. The van der Waals surface area contributed by atoms with Crippen molar-refractivity contribution >= 4 is 17.7 Å². The van der Waals surface area contributed by atoms with Crippen LogP contribution in [0.3, 0.4) is 0 Å². The Morgan fingerprint density at radius 1 is 1.55 bits per heavy atom. The third-order valence-electron chi connectivity index (χ3n) is 2.45. The number of anilines is 1. The normalized spacial score (nSPS) is 11.9. The van der Waals surface area contributed by atoms with Gasteiger partial charge in [0.2, 0.25) is 0 Å². The van der Waals surface area contributed by atoms with Crippen molar-refractivity contribution in [1.82, 2.24) is 15.1 Å². The Hall–Kier alpha value is -2.09. The Morgan fingerprint density at radius 3 is 2.90 bits per heavy atom. The number of nitrogens with two attached hydrogens (primary N) is 1. The summed E-state index contributed by atoms with van der Waals surface area (Å²) < 4.78 is 11.2. The van der Waals surface area contributed by atoms with Crippen LogP contribution in [0.1, 0.15) is 13.3 Å². The number of nitrogens with one attached hydrogen (secondary N) is 1. The van der Waals surface area contributed by atoms with Gasteiger partial charge >= 0.3 is 5.97 Å². The molecule has 0 aromatic carbocycles. The average Bonchev–Trinajstić information content (AvgIpc) is 2.79. The second-order valence-corrected chi connectivity index (χ2v) is 4.21. The van der Waals surface area contributed by atoms with E-state index in [1.807, 2.05) is 0 Å². The fraction of sp³-hybridized carbons (Fsp3) is 0.583. The van der Waals surface area contributed by atoms with E-state index < -0.39 is 12.1 Å². The number of methoxy groups -OCH3 is 1. The Bertz CT molecular complexity index is 446. The minimum absolute atomic E-state index is 0.0848. The molecular weight excluding hydrogens is 264 g/mol. The number of hydrogen-bond acceptors (Lipinski definition) is 6. The van der Waals surface area contributed by atoms with Gasteiger partial charge in [0.1, 0.15) is 12.4 Å². The number of rotatable bonds is 8. The van der Waals surface area contributed by atoms with E-state index in [9.17, 15) is 9.59 Å². The molecule has 1 heterocycles. The molecule has 0 aliphatic carbocycles. The number of nitrogen functional groups attached to an aromatic ring is 1. The van der Waals surface area contributed by atoms with Crippen molar-refractivity contribution in [2.45, 2.75) is 26.0 Å². The summed E-state index contributed by atoms with van der Waals surface area (Å²) in [5, 5.41) is 6.50. The van der Waals surface area contributed by atoms with Gasteiger partial charge in [0, 0.05) is 26.5 Å². The summed E-state index contributed by atoms with van der Waals surface area (Å²) in [6.07, 6.45) is 1.42. The zero-order valence-electron chi connectivity index (χ0n) is 11.7. The van der Waals surface area contributed by atoms with Crippen LogP contribution in [0, 0.1) is 0 Å². The number of nitrogens with zero attached hydrogens (tertiary/aromatic N) is 2. The summed E-state index contributed by atoms with van der Waals surface area (Å²) in [6.45, 7) is 2.47. The summed E-state index contributed by atoms with van der Waals surface area (Å²) in [5.74, 6) is -0.566. The Labute approximate surface area is 117 Å². The van der Waals surface area contributed by atoms with Crippen molar-refractivity contribution in [3.63, 3.8) is 0 Å². The maximum Gasteiger partial charge on any atom is 0.328 e. The molecule has 8 heteroatoms. The standard InChI is InChI=1S/C12H20N4O4/c1-9(12(18)14-5-3-7-19-2)20-11(17)8-16-6-4-10(13)15-16/h4,6,9H,3,5,7-8H2,1-2H3,(H2,13,15)(H,14,18). The van der Waals surface area contributed by atoms with E-state index >= 15 is 0 Å². The zero-order valence-corrected chi connectivity index (χ0v) is 11.7. The molecule has 1 aromatic rings. The molecule has 1 amide bonds. The van der Waals surface area contributed by atoms with Crippen LogP contribution >= 0.6 is 0 Å². The summed E-state index contributed by atoms with van der Waals surface area (Å²) in [7, 11) is 1.59. The van der Waals surface area contributed by atoms with Gasteiger partial charge in [-0.25, -0.2) is 0 Å². The summed E-state index contributed by atoms with van der Waals surface area (Å²) in [4.78, 5) is 23.2. The van der Waals surface area contributed by atoms with E-state index in [1.54, 1.807) is 19.4 Å². The van der Waals surface area contributed by atoms with Gasteiger partial charge in [-0.3, -0.25) is 14.3 Å². The first kappa shape index (κ1) is 16.0. The first-order chi connectivity index (χ1) is 9.52. The Kier molecular flexibility index (Phi) is 6.51. The van der Waals surface area contributed by atoms with E-state index in [0.717, 1.165) is 0 Å². The van der Waals surface area contributed by atoms with Crippen molar-refractivity contribution in [2.24, 2.45) is 0 Å². The van der Waals surface area contributed by atoms with Gasteiger partial charge in [-0.15, -0.1) is 0 Å². The van der Waals surface area contributed by atoms with Gasteiger partial charge in [-0.2, -0.15) is 5.10 Å². The number of aromatic nitrogens is 2. The minimum atomic E-state index is -0.849. The van der Waals surface area contributed by atoms with Gasteiger partial charge in [0.25, 0.3) is 5.91 Å². The molecular formula is C12H20N4O4. The molecule has 8 nitrogen and oxygen atoms in total. The second-order valence-electron chi connectivity index (χ2n) is 4.21. The van der Waals surface area contributed by atoms with Crippen molar-refractivity contribution < 1.29 is 19.1 Å². The van der Waals surface area contributed by atoms with E-state index in [0.29, 0.717) is 25.4 Å². The molecule has 0 saturated carbocycles. The number of esters is 1. The van der Waals surface area contributed by atoms with Crippen LogP contribution in [0.25, 0.3) is 0 Å². The highest BCUT2D eigenvalue weighted by molar-refractivity contribution is 5.83. The highest BCUT2D eigenvalue weighted by Gasteiger charge is 2.17. The number of amides is 1. The molecule has 0 aliphatic heterocycles. The van der Waals surface area contributed by atoms with E-state index in [-0.39, 0.29) is 12.5 Å². The summed E-state index contributed by atoms with van der Waals surface area (Å²) in [6, 6.07) is 1.57. The lowest BCUT2D eigenvalue weighted by Crippen LogP contribution is -2.37. The molecule has 20 heavy (non-hydrogen) atoms. The van der Waals surface area contributed by atoms with Gasteiger partial charge < -0.3 is 20.5 Å². The maximum atomic E-state index is 11.6. The van der Waals surface area contributed by atoms with Crippen LogP contribution in [-0.2, 0) is 25.6 Å². The predicted octanol–water partition coefficient (Wildman–Crippen LogP) is -0.450. The van der Waals surface area contributed by atoms with Crippen LogP contribution in [0.4, 0.5) is 5.82 Å². The molecule has 1 aromatic heterocycles. The van der Waals surface area contributed by atoms with E-state index in [1.165, 1.54) is 11.6 Å². The fourth-order valence-corrected chi connectivity index (χ4v) is 1.46. The van der Waals surface area contributed by atoms with Gasteiger partial charge in [0.05, 0.1) is 0 Å². The number of hydrogen-bond donors (Lipinski definition) is 2. The Balaban J connectivity index is 2.28. The first-order valence-corrected chi connectivity index (χ1v) is 6.28. The SMILES string of the molecule is COCCCNC(=O)C(C)OC(=O)Cn1ccc(N)n1. The number of carbonyl (C=O) groups excluding carboxylic acids is 2. The van der Waals surface area contributed by atoms with Crippen LogP contribution in [0.5, 0.6) is 0 Å². The largest absolute Gasteiger partial charge is 0.451 e. The van der Waals surface area contributed by atoms with Crippen LogP contribution < -0.4 is 11.1 Å². The third-order valence-corrected chi connectivity index (χ3v) is 2.45. The first-order valence-electron chi connectivity index (χ1n) is 6.28. The van der Waals surface area contributed by atoms with Gasteiger partial charge in [0.15, 0.2) is 6.10 Å². The lowest BCUT2D eigenvalue weighted by molar-refractivity contribution is -0.155. The molecule has 0 saturated heterocycles. The van der Waals surface area contributed by atoms with Crippen LogP contribution in [0.15, 0.2) is 12.3 Å². The van der Waals surface area contributed by atoms with Crippen molar-refractivity contribution in [2.75, 3.05) is 26.0 Å². The number of carbonyl (C=O) groups is 2. The van der Waals surface area contributed by atoms with Crippen molar-refractivity contribution in [1.29, 1.82) is 0 Å². The molecule has 1 rings (SSSR count). The average molecular weight is 284 g/mol.